The van der Waals surface area contributed by atoms with Gasteiger partial charge in [0.05, 0.1) is 29.2 Å². The van der Waals surface area contributed by atoms with Crippen molar-refractivity contribution in [3.05, 3.63) is 93.9 Å². The summed E-state index contributed by atoms with van der Waals surface area (Å²) in [7, 11) is 1.28. The van der Waals surface area contributed by atoms with Crippen molar-refractivity contribution in [2.24, 2.45) is 0 Å². The van der Waals surface area contributed by atoms with E-state index in [1.807, 2.05) is 26.0 Å². The van der Waals surface area contributed by atoms with Crippen LogP contribution >= 0.6 is 0 Å². The quantitative estimate of drug-likeness (QED) is 0.175. The Hall–Kier alpha value is -4.14. The van der Waals surface area contributed by atoms with Gasteiger partial charge in [-0.25, -0.2) is 4.79 Å². The Morgan fingerprint density at radius 1 is 1.02 bits per heavy atom. The Labute approximate surface area is 262 Å². The van der Waals surface area contributed by atoms with E-state index >= 15 is 0 Å². The van der Waals surface area contributed by atoms with Gasteiger partial charge in [0.1, 0.15) is 12.3 Å². The lowest BCUT2D eigenvalue weighted by molar-refractivity contribution is -0.438. The number of ketones is 1. The smallest absolute Gasteiger partial charge is 0.389 e. The van der Waals surface area contributed by atoms with Crippen molar-refractivity contribution in [1.29, 1.82) is 0 Å². The molecule has 0 fully saturated rings. The number of alkyl halides is 3. The average molecular weight is 622 g/mol. The first kappa shape index (κ1) is 32.3. The molecule has 45 heavy (non-hydrogen) atoms. The number of aliphatic hydroxyl groups is 1. The van der Waals surface area contributed by atoms with Gasteiger partial charge in [-0.3, -0.25) is 4.79 Å². The van der Waals surface area contributed by atoms with E-state index in [-0.39, 0.29) is 35.7 Å². The summed E-state index contributed by atoms with van der Waals surface area (Å²) in [6.45, 7) is 10.9. The molecule has 238 valence electrons. The number of fused-ring (bicyclic) bond motifs is 2. The molecule has 5 rings (SSSR count). The molecule has 0 spiro atoms. The molecule has 0 atom stereocenters. The van der Waals surface area contributed by atoms with E-state index in [9.17, 15) is 27.9 Å². The maximum absolute atomic E-state index is 13.7. The lowest BCUT2D eigenvalue weighted by Crippen LogP contribution is -2.32. The topological polar surface area (TPSA) is 69.9 Å². The molecule has 9 heteroatoms. The van der Waals surface area contributed by atoms with Gasteiger partial charge in [0.15, 0.2) is 5.71 Å². The molecule has 0 aromatic heterocycles. The molecule has 0 radical (unpaired) electrons. The van der Waals surface area contributed by atoms with Crippen molar-refractivity contribution in [3.8, 4) is 0 Å². The fourth-order valence-electron chi connectivity index (χ4n) is 6.70. The molecule has 3 aliphatic rings. The highest BCUT2D eigenvalue weighted by Gasteiger charge is 2.47. The second-order valence-corrected chi connectivity index (χ2v) is 12.9. The third-order valence-corrected chi connectivity index (χ3v) is 9.25. The first-order chi connectivity index (χ1) is 21.1. The standard InChI is InChI=1S/C36H39F3N2O4/c1-7-8-17-40-27-13-10-9-12-25(27)34(2,3)29(40)20-23-31(42)24(32(23)43)21-30-35(4,5)26-19-22(33(44)45-6)14-15-28(26)41(30)18-11-16-36(37,38)39/h9-10,12-15,19-21H,7-8,11,16-18H2,1-6H3/p+1. The van der Waals surface area contributed by atoms with Gasteiger partial charge in [0.2, 0.25) is 11.5 Å². The lowest BCUT2D eigenvalue weighted by atomic mass is 9.77. The fourth-order valence-corrected chi connectivity index (χ4v) is 6.70. The number of anilines is 1. The van der Waals surface area contributed by atoms with E-state index in [4.69, 9.17) is 4.74 Å². The van der Waals surface area contributed by atoms with Crippen LogP contribution in [0, 0.1) is 0 Å². The predicted octanol–water partition coefficient (Wildman–Crippen LogP) is 7.99. The summed E-state index contributed by atoms with van der Waals surface area (Å²) in [6.07, 6.45) is -0.0938. The number of methoxy groups -OCH3 is 1. The fraction of sp³-hybridized carbons (Fsp3) is 0.417. The molecule has 0 amide bonds. The lowest BCUT2D eigenvalue weighted by Gasteiger charge is -2.29. The van der Waals surface area contributed by atoms with Gasteiger partial charge in [-0.1, -0.05) is 45.4 Å². The summed E-state index contributed by atoms with van der Waals surface area (Å²) >= 11 is 0. The molecule has 2 aliphatic heterocycles. The number of hydrogen-bond donors (Lipinski definition) is 1. The minimum Gasteiger partial charge on any atom is -0.506 e. The summed E-state index contributed by atoms with van der Waals surface area (Å²) in [6, 6.07) is 13.1. The SMILES string of the molecule is CCCC[N+]1=C(/C=C2\C(=O)C(/C=C3\N(CCCC(F)(F)F)c4ccc(C(=O)OC)cc4C3(C)C)=C2O)C(C)(C)c2ccccc21. The number of halogens is 3. The van der Waals surface area contributed by atoms with Gasteiger partial charge in [-0.05, 0) is 50.1 Å². The molecule has 0 bridgehead atoms. The molecule has 2 aromatic carbocycles. The van der Waals surface area contributed by atoms with Gasteiger partial charge < -0.3 is 14.7 Å². The zero-order chi connectivity index (χ0) is 32.9. The Morgan fingerprint density at radius 3 is 2.38 bits per heavy atom. The summed E-state index contributed by atoms with van der Waals surface area (Å²) in [4.78, 5) is 27.7. The van der Waals surface area contributed by atoms with Crippen LogP contribution in [0.5, 0.6) is 0 Å². The minimum absolute atomic E-state index is 0.0427. The van der Waals surface area contributed by atoms with Crippen molar-refractivity contribution in [1.82, 2.24) is 0 Å². The van der Waals surface area contributed by atoms with Crippen LogP contribution < -0.4 is 4.90 Å². The highest BCUT2D eigenvalue weighted by molar-refractivity contribution is 6.24. The number of aliphatic hydroxyl groups excluding tert-OH is 1. The molecule has 6 nitrogen and oxygen atoms in total. The second kappa shape index (κ2) is 11.7. The number of unbranched alkanes of at least 4 members (excludes halogenated alkanes) is 1. The minimum atomic E-state index is -4.31. The number of hydrogen-bond acceptors (Lipinski definition) is 5. The number of benzene rings is 2. The van der Waals surface area contributed by atoms with Crippen molar-refractivity contribution in [2.45, 2.75) is 77.3 Å². The number of rotatable bonds is 9. The van der Waals surface area contributed by atoms with Crippen LogP contribution in [0.4, 0.5) is 24.5 Å². The third kappa shape index (κ3) is 5.62. The first-order valence-electron chi connectivity index (χ1n) is 15.4. The molecule has 2 aromatic rings. The van der Waals surface area contributed by atoms with Crippen molar-refractivity contribution >= 4 is 28.8 Å². The number of Topliss-reactive ketones (excluding diaryl/α,β-unsaturated/α-hetero) is 1. The monoisotopic (exact) mass is 621 g/mol. The summed E-state index contributed by atoms with van der Waals surface area (Å²) in [5.74, 6) is -0.993. The molecule has 0 unspecified atom stereocenters. The van der Waals surface area contributed by atoms with Crippen LogP contribution in [0.2, 0.25) is 0 Å². The zero-order valence-corrected chi connectivity index (χ0v) is 26.6. The number of carbonyl (C=O) groups excluding carboxylic acids is 2. The van der Waals surface area contributed by atoms with Crippen molar-refractivity contribution < 1.29 is 37.2 Å². The highest BCUT2D eigenvalue weighted by Crippen LogP contribution is 2.50. The maximum Gasteiger partial charge on any atom is 0.389 e. The summed E-state index contributed by atoms with van der Waals surface area (Å²) in [5, 5.41) is 11.3. The first-order valence-corrected chi connectivity index (χ1v) is 15.4. The number of para-hydroxylation sites is 1. The number of ether oxygens (including phenoxy) is 1. The van der Waals surface area contributed by atoms with Crippen molar-refractivity contribution in [2.75, 3.05) is 25.1 Å². The van der Waals surface area contributed by atoms with Crippen LogP contribution in [0.1, 0.15) is 81.8 Å². The van der Waals surface area contributed by atoms with Gasteiger partial charge in [-0.2, -0.15) is 17.7 Å². The summed E-state index contributed by atoms with van der Waals surface area (Å²) < 4.78 is 46.4. The maximum atomic E-state index is 13.7. The molecule has 0 saturated carbocycles. The normalized spacial score (nSPS) is 20.2. The summed E-state index contributed by atoms with van der Waals surface area (Å²) in [5.41, 5.74) is 4.57. The molecular formula is C36H40F3N2O4+. The van der Waals surface area contributed by atoms with Crippen LogP contribution in [-0.2, 0) is 20.4 Å². The molecule has 0 saturated heterocycles. The molecular weight excluding hydrogens is 581 g/mol. The number of nitrogens with zero attached hydrogens (tertiary/aromatic N) is 2. The average Bonchev–Trinajstić information content (AvgIpc) is 3.34. The van der Waals surface area contributed by atoms with Gasteiger partial charge in [0, 0.05) is 53.9 Å². The second-order valence-electron chi connectivity index (χ2n) is 12.9. The Balaban J connectivity index is 1.57. The van der Waals surface area contributed by atoms with E-state index in [0.29, 0.717) is 16.9 Å². The zero-order valence-electron chi connectivity index (χ0n) is 26.6. The molecule has 1 aliphatic carbocycles. The highest BCUT2D eigenvalue weighted by atomic mass is 19.4. The van der Waals surface area contributed by atoms with Gasteiger partial charge in [-0.15, -0.1) is 0 Å². The van der Waals surface area contributed by atoms with E-state index < -0.39 is 29.4 Å². The Kier molecular flexibility index (Phi) is 8.36. The molecule has 1 N–H and O–H groups in total. The molecule has 2 heterocycles. The Morgan fingerprint density at radius 2 is 1.73 bits per heavy atom. The largest absolute Gasteiger partial charge is 0.506 e. The van der Waals surface area contributed by atoms with Crippen molar-refractivity contribution in [3.63, 3.8) is 0 Å². The van der Waals surface area contributed by atoms with E-state index in [1.165, 1.54) is 7.11 Å². The van der Waals surface area contributed by atoms with Gasteiger partial charge >= 0.3 is 12.1 Å². The van der Waals surface area contributed by atoms with E-state index in [2.05, 4.69) is 37.5 Å². The van der Waals surface area contributed by atoms with Crippen LogP contribution in [0.3, 0.4) is 0 Å². The number of esters is 1. The number of allylic oxidation sites excluding steroid dienone is 5. The van der Waals surface area contributed by atoms with Crippen LogP contribution in [0.15, 0.2) is 77.2 Å². The predicted molar refractivity (Wildman–Crippen MR) is 168 cm³/mol. The van der Waals surface area contributed by atoms with E-state index in [0.717, 1.165) is 41.9 Å². The van der Waals surface area contributed by atoms with Crippen LogP contribution in [0.25, 0.3) is 0 Å². The Bertz CT molecular complexity index is 1690. The van der Waals surface area contributed by atoms with E-state index in [1.54, 1.807) is 35.3 Å². The van der Waals surface area contributed by atoms with Gasteiger partial charge in [0.25, 0.3) is 0 Å². The third-order valence-electron chi connectivity index (χ3n) is 9.25. The van der Waals surface area contributed by atoms with Crippen LogP contribution in [-0.4, -0.2) is 53.5 Å². The number of carbonyl (C=O) groups is 2.